The molecule has 0 radical (unpaired) electrons. The second kappa shape index (κ2) is 5.05. The molecular weight excluding hydrogens is 258 g/mol. The first kappa shape index (κ1) is 12.2. The number of ether oxygens (including phenoxy) is 1. The molecule has 0 spiro atoms. The number of fused-ring (bicyclic) bond motifs is 1. The van der Waals surface area contributed by atoms with Crippen LogP contribution in [0.4, 0.5) is 5.69 Å². The summed E-state index contributed by atoms with van der Waals surface area (Å²) in [5.74, 6) is 0.883. The Labute approximate surface area is 116 Å². The van der Waals surface area contributed by atoms with E-state index in [1.54, 1.807) is 7.11 Å². The fraction of sp³-hybridized carbons (Fsp3) is 0.267. The van der Waals surface area contributed by atoms with Gasteiger partial charge in [-0.1, -0.05) is 12.1 Å². The Balaban J connectivity index is 1.99. The number of methoxy groups -OCH3 is 1. The molecule has 98 valence electrons. The molecule has 0 aliphatic carbocycles. The molecule has 1 aromatic carbocycles. The number of thiophene rings is 1. The van der Waals surface area contributed by atoms with E-state index in [0.717, 1.165) is 35.7 Å². The van der Waals surface area contributed by atoms with Crippen molar-refractivity contribution in [1.29, 1.82) is 0 Å². The predicted molar refractivity (Wildman–Crippen MR) is 77.3 cm³/mol. The number of carbonyl (C=O) groups is 1. The molecule has 0 bridgehead atoms. The van der Waals surface area contributed by atoms with E-state index in [2.05, 4.69) is 6.07 Å². The zero-order valence-electron chi connectivity index (χ0n) is 10.8. The van der Waals surface area contributed by atoms with Gasteiger partial charge in [-0.15, -0.1) is 11.3 Å². The van der Waals surface area contributed by atoms with Gasteiger partial charge < -0.3 is 9.64 Å². The number of hydrogen-bond donors (Lipinski definition) is 0. The number of carbonyl (C=O) groups excluding carboxylic acids is 1. The number of amides is 1. The van der Waals surface area contributed by atoms with Crippen molar-refractivity contribution in [1.82, 2.24) is 0 Å². The summed E-state index contributed by atoms with van der Waals surface area (Å²) >= 11 is 1.49. The van der Waals surface area contributed by atoms with Crippen LogP contribution in [0.25, 0.3) is 0 Å². The maximum Gasteiger partial charge on any atom is 0.268 e. The highest BCUT2D eigenvalue weighted by Gasteiger charge is 2.24. The topological polar surface area (TPSA) is 29.5 Å². The standard InChI is InChI=1S/C15H15NO2S/c1-18-12-7-6-11-4-2-8-16(13(11)10-12)15(17)14-5-3-9-19-14/h3,5-7,9-10H,2,4,8H2,1H3. The fourth-order valence-corrected chi connectivity index (χ4v) is 3.10. The van der Waals surface area contributed by atoms with Crippen LogP contribution in [0.2, 0.25) is 0 Å². The van der Waals surface area contributed by atoms with Crippen molar-refractivity contribution in [3.63, 3.8) is 0 Å². The van der Waals surface area contributed by atoms with Gasteiger partial charge >= 0.3 is 0 Å². The smallest absolute Gasteiger partial charge is 0.268 e. The predicted octanol–water partition coefficient (Wildman–Crippen LogP) is 3.35. The summed E-state index contributed by atoms with van der Waals surface area (Å²) in [6, 6.07) is 9.76. The lowest BCUT2D eigenvalue weighted by Crippen LogP contribution is -2.35. The van der Waals surface area contributed by atoms with Gasteiger partial charge in [-0.05, 0) is 35.9 Å². The van der Waals surface area contributed by atoms with Crippen molar-refractivity contribution in [3.8, 4) is 5.75 Å². The number of aryl methyl sites for hydroxylation is 1. The molecule has 0 unspecified atom stereocenters. The van der Waals surface area contributed by atoms with Gasteiger partial charge in [-0.3, -0.25) is 4.79 Å². The Hall–Kier alpha value is -1.81. The lowest BCUT2D eigenvalue weighted by Gasteiger charge is -2.29. The molecule has 0 N–H and O–H groups in total. The number of benzene rings is 1. The number of nitrogens with zero attached hydrogens (tertiary/aromatic N) is 1. The van der Waals surface area contributed by atoms with Crippen molar-refractivity contribution in [2.75, 3.05) is 18.6 Å². The molecule has 1 aromatic heterocycles. The maximum absolute atomic E-state index is 12.5. The molecular formula is C15H15NO2S. The average Bonchev–Trinajstić information content (AvgIpc) is 2.99. The molecule has 0 fully saturated rings. The Morgan fingerprint density at radius 1 is 1.37 bits per heavy atom. The molecule has 1 aliphatic rings. The van der Waals surface area contributed by atoms with Crippen LogP contribution in [0.3, 0.4) is 0 Å². The molecule has 0 saturated heterocycles. The van der Waals surface area contributed by atoms with E-state index < -0.39 is 0 Å². The van der Waals surface area contributed by atoms with Gasteiger partial charge in [0.15, 0.2) is 0 Å². The SMILES string of the molecule is COc1ccc2c(c1)N(C(=O)c1cccs1)CCC2. The highest BCUT2D eigenvalue weighted by molar-refractivity contribution is 7.12. The number of anilines is 1. The molecule has 0 atom stereocenters. The largest absolute Gasteiger partial charge is 0.497 e. The quantitative estimate of drug-likeness (QED) is 0.839. The molecule has 19 heavy (non-hydrogen) atoms. The first-order chi connectivity index (χ1) is 9.29. The molecule has 3 nitrogen and oxygen atoms in total. The fourth-order valence-electron chi connectivity index (χ4n) is 2.43. The Morgan fingerprint density at radius 2 is 2.26 bits per heavy atom. The van der Waals surface area contributed by atoms with E-state index in [9.17, 15) is 4.79 Å². The second-order valence-corrected chi connectivity index (χ2v) is 5.48. The third kappa shape index (κ3) is 2.24. The monoisotopic (exact) mass is 273 g/mol. The summed E-state index contributed by atoms with van der Waals surface area (Å²) in [4.78, 5) is 15.2. The second-order valence-electron chi connectivity index (χ2n) is 4.53. The molecule has 2 aromatic rings. The number of rotatable bonds is 2. The van der Waals surface area contributed by atoms with E-state index in [1.165, 1.54) is 16.9 Å². The first-order valence-corrected chi connectivity index (χ1v) is 7.20. The van der Waals surface area contributed by atoms with E-state index in [1.807, 2.05) is 34.5 Å². The lowest BCUT2D eigenvalue weighted by molar-refractivity contribution is 0.0989. The lowest BCUT2D eigenvalue weighted by atomic mass is 10.0. The van der Waals surface area contributed by atoms with Gasteiger partial charge in [0.05, 0.1) is 17.7 Å². The summed E-state index contributed by atoms with van der Waals surface area (Å²) < 4.78 is 5.26. The Bertz CT molecular complexity index is 592. The summed E-state index contributed by atoms with van der Waals surface area (Å²) in [5, 5.41) is 1.93. The van der Waals surface area contributed by atoms with Gasteiger partial charge in [0.1, 0.15) is 5.75 Å². The van der Waals surface area contributed by atoms with Crippen LogP contribution < -0.4 is 9.64 Å². The normalized spacial score (nSPS) is 14.1. The van der Waals surface area contributed by atoms with Crippen molar-refractivity contribution in [2.45, 2.75) is 12.8 Å². The van der Waals surface area contributed by atoms with E-state index >= 15 is 0 Å². The van der Waals surface area contributed by atoms with Gasteiger partial charge in [0.2, 0.25) is 0 Å². The van der Waals surface area contributed by atoms with Gasteiger partial charge in [0.25, 0.3) is 5.91 Å². The third-order valence-electron chi connectivity index (χ3n) is 3.39. The molecule has 1 amide bonds. The highest BCUT2D eigenvalue weighted by atomic mass is 32.1. The highest BCUT2D eigenvalue weighted by Crippen LogP contribution is 2.32. The van der Waals surface area contributed by atoms with Gasteiger partial charge in [0, 0.05) is 12.6 Å². The number of hydrogen-bond acceptors (Lipinski definition) is 3. The summed E-state index contributed by atoms with van der Waals surface area (Å²) in [6.07, 6.45) is 2.03. The molecule has 0 saturated carbocycles. The minimum Gasteiger partial charge on any atom is -0.497 e. The van der Waals surface area contributed by atoms with Crippen molar-refractivity contribution in [2.24, 2.45) is 0 Å². The van der Waals surface area contributed by atoms with Crippen LogP contribution >= 0.6 is 11.3 Å². The Morgan fingerprint density at radius 3 is 3.00 bits per heavy atom. The van der Waals surface area contributed by atoms with Crippen LogP contribution in [0.1, 0.15) is 21.7 Å². The van der Waals surface area contributed by atoms with Crippen molar-refractivity contribution >= 4 is 22.9 Å². The first-order valence-electron chi connectivity index (χ1n) is 6.32. The molecule has 2 heterocycles. The van der Waals surface area contributed by atoms with Crippen molar-refractivity contribution in [3.05, 3.63) is 46.2 Å². The van der Waals surface area contributed by atoms with Crippen LogP contribution in [-0.4, -0.2) is 19.6 Å². The zero-order chi connectivity index (χ0) is 13.2. The molecule has 4 heteroatoms. The third-order valence-corrected chi connectivity index (χ3v) is 4.25. The Kier molecular flexibility index (Phi) is 3.25. The summed E-state index contributed by atoms with van der Waals surface area (Å²) in [6.45, 7) is 0.775. The van der Waals surface area contributed by atoms with Gasteiger partial charge in [-0.25, -0.2) is 0 Å². The van der Waals surface area contributed by atoms with Gasteiger partial charge in [-0.2, -0.15) is 0 Å². The molecule has 3 rings (SSSR count). The summed E-state index contributed by atoms with van der Waals surface area (Å²) in [5.41, 5.74) is 2.21. The minimum atomic E-state index is 0.0872. The zero-order valence-corrected chi connectivity index (χ0v) is 11.6. The maximum atomic E-state index is 12.5. The minimum absolute atomic E-state index is 0.0872. The van der Waals surface area contributed by atoms with E-state index in [4.69, 9.17) is 4.74 Å². The van der Waals surface area contributed by atoms with Crippen LogP contribution in [0.5, 0.6) is 5.75 Å². The van der Waals surface area contributed by atoms with E-state index in [-0.39, 0.29) is 5.91 Å². The van der Waals surface area contributed by atoms with E-state index in [0.29, 0.717) is 0 Å². The van der Waals surface area contributed by atoms with Crippen molar-refractivity contribution < 1.29 is 9.53 Å². The van der Waals surface area contributed by atoms with Crippen LogP contribution in [0.15, 0.2) is 35.7 Å². The summed E-state index contributed by atoms with van der Waals surface area (Å²) in [7, 11) is 1.65. The van der Waals surface area contributed by atoms with Crippen LogP contribution in [-0.2, 0) is 6.42 Å². The molecule has 1 aliphatic heterocycles. The average molecular weight is 273 g/mol. The van der Waals surface area contributed by atoms with Crippen LogP contribution in [0, 0.1) is 0 Å².